The molecule has 0 spiro atoms. The van der Waals surface area contributed by atoms with E-state index in [2.05, 4.69) is 33.4 Å². The number of aromatic nitrogens is 1. The van der Waals surface area contributed by atoms with Gasteiger partial charge in [-0.05, 0) is 61.6 Å². The van der Waals surface area contributed by atoms with Gasteiger partial charge in [0.15, 0.2) is 0 Å². The van der Waals surface area contributed by atoms with Crippen LogP contribution < -0.4 is 10.2 Å². The molecule has 0 aliphatic heterocycles. The number of nitrogens with one attached hydrogen (secondary N) is 1. The predicted molar refractivity (Wildman–Crippen MR) is 95.2 cm³/mol. The van der Waals surface area contributed by atoms with Crippen molar-refractivity contribution in [2.45, 2.75) is 32.1 Å². The van der Waals surface area contributed by atoms with Crippen molar-refractivity contribution in [3.05, 3.63) is 53.2 Å². The van der Waals surface area contributed by atoms with E-state index in [4.69, 9.17) is 5.11 Å². The minimum atomic E-state index is -0.955. The summed E-state index contributed by atoms with van der Waals surface area (Å²) in [5, 5.41) is 11.4. The standard InChI is InChI=1S/C19H23N3O2/c1-13-5-3-8-18(21-13)22(2)16-9-10-17-14(11-16)6-4-7-15(17)12-20-19(23)24/h3,5,8-11,15,20H,4,6-7,12H2,1-2H3,(H,23,24)/t15-/m0/s1. The lowest BCUT2D eigenvalue weighted by atomic mass is 9.82. The topological polar surface area (TPSA) is 65.5 Å². The Morgan fingerprint density at radius 2 is 2.21 bits per heavy atom. The molecule has 3 rings (SSSR count). The van der Waals surface area contributed by atoms with Crippen LogP contribution in [0, 0.1) is 6.92 Å². The minimum Gasteiger partial charge on any atom is -0.465 e. The largest absolute Gasteiger partial charge is 0.465 e. The summed E-state index contributed by atoms with van der Waals surface area (Å²) in [7, 11) is 2.02. The molecular weight excluding hydrogens is 302 g/mol. The van der Waals surface area contributed by atoms with Crippen molar-refractivity contribution in [3.8, 4) is 0 Å². The number of hydrogen-bond acceptors (Lipinski definition) is 3. The van der Waals surface area contributed by atoms with Gasteiger partial charge in [0, 0.05) is 30.9 Å². The Bertz CT molecular complexity index is 745. The van der Waals surface area contributed by atoms with E-state index < -0.39 is 6.09 Å². The highest BCUT2D eigenvalue weighted by molar-refractivity contribution is 5.65. The van der Waals surface area contributed by atoms with E-state index in [-0.39, 0.29) is 5.92 Å². The molecule has 1 amide bonds. The third-order valence-corrected chi connectivity index (χ3v) is 4.67. The second-order valence-electron chi connectivity index (χ2n) is 6.35. The molecule has 0 saturated carbocycles. The quantitative estimate of drug-likeness (QED) is 0.896. The number of rotatable bonds is 4. The Morgan fingerprint density at radius 1 is 1.38 bits per heavy atom. The van der Waals surface area contributed by atoms with Crippen LogP contribution in [0.2, 0.25) is 0 Å². The van der Waals surface area contributed by atoms with E-state index in [1.165, 1.54) is 11.1 Å². The highest BCUT2D eigenvalue weighted by Gasteiger charge is 2.21. The van der Waals surface area contributed by atoms with Gasteiger partial charge < -0.3 is 15.3 Å². The molecule has 0 saturated heterocycles. The Balaban J connectivity index is 1.84. The number of fused-ring (bicyclic) bond motifs is 1. The fourth-order valence-electron chi connectivity index (χ4n) is 3.38. The Morgan fingerprint density at radius 3 is 2.96 bits per heavy atom. The molecule has 0 bridgehead atoms. The highest BCUT2D eigenvalue weighted by Crippen LogP contribution is 2.34. The van der Waals surface area contributed by atoms with Crippen LogP contribution in [0.3, 0.4) is 0 Å². The predicted octanol–water partition coefficient (Wildman–Crippen LogP) is 3.85. The van der Waals surface area contributed by atoms with E-state index in [1.54, 1.807) is 0 Å². The number of benzene rings is 1. The van der Waals surface area contributed by atoms with Gasteiger partial charge in [0.2, 0.25) is 0 Å². The van der Waals surface area contributed by atoms with Crippen LogP contribution in [0.5, 0.6) is 0 Å². The average molecular weight is 325 g/mol. The summed E-state index contributed by atoms with van der Waals surface area (Å²) in [5.41, 5.74) is 4.69. The van der Waals surface area contributed by atoms with Gasteiger partial charge >= 0.3 is 6.09 Å². The SMILES string of the molecule is Cc1cccc(N(C)c2ccc3c(c2)CCC[C@H]3CNC(=O)O)n1. The Hall–Kier alpha value is -2.56. The first kappa shape index (κ1) is 16.3. The molecule has 5 heteroatoms. The molecule has 2 N–H and O–H groups in total. The van der Waals surface area contributed by atoms with Crippen LogP contribution in [0.15, 0.2) is 36.4 Å². The maximum atomic E-state index is 10.8. The molecule has 1 aromatic carbocycles. The fourth-order valence-corrected chi connectivity index (χ4v) is 3.38. The van der Waals surface area contributed by atoms with Gasteiger partial charge in [0.25, 0.3) is 0 Å². The minimum absolute atomic E-state index is 0.265. The second-order valence-corrected chi connectivity index (χ2v) is 6.35. The van der Waals surface area contributed by atoms with Gasteiger partial charge in [-0.1, -0.05) is 12.1 Å². The van der Waals surface area contributed by atoms with Crippen molar-refractivity contribution >= 4 is 17.6 Å². The van der Waals surface area contributed by atoms with E-state index in [0.717, 1.165) is 36.5 Å². The number of amides is 1. The summed E-state index contributed by atoms with van der Waals surface area (Å²) in [6, 6.07) is 12.5. The smallest absolute Gasteiger partial charge is 0.404 e. The van der Waals surface area contributed by atoms with E-state index in [9.17, 15) is 4.79 Å². The van der Waals surface area contributed by atoms with Crippen molar-refractivity contribution in [2.24, 2.45) is 0 Å². The van der Waals surface area contributed by atoms with Crippen LogP contribution in [0.4, 0.5) is 16.3 Å². The van der Waals surface area contributed by atoms with Gasteiger partial charge in [0.05, 0.1) is 0 Å². The van der Waals surface area contributed by atoms with Crippen molar-refractivity contribution in [1.29, 1.82) is 0 Å². The zero-order valence-electron chi connectivity index (χ0n) is 14.1. The third kappa shape index (κ3) is 3.50. The number of pyridine rings is 1. The number of anilines is 2. The normalized spacial score (nSPS) is 16.3. The maximum absolute atomic E-state index is 10.8. The first-order valence-corrected chi connectivity index (χ1v) is 8.31. The summed E-state index contributed by atoms with van der Waals surface area (Å²) in [6.45, 7) is 2.47. The Kier molecular flexibility index (Phi) is 4.69. The van der Waals surface area contributed by atoms with E-state index in [0.29, 0.717) is 6.54 Å². The lowest BCUT2D eigenvalue weighted by Gasteiger charge is -2.27. The van der Waals surface area contributed by atoms with Crippen LogP contribution in [-0.2, 0) is 6.42 Å². The first-order valence-electron chi connectivity index (χ1n) is 8.31. The number of carboxylic acid groups (broad SMARTS) is 1. The average Bonchev–Trinajstić information content (AvgIpc) is 2.58. The summed E-state index contributed by atoms with van der Waals surface area (Å²) in [6.07, 6.45) is 2.21. The zero-order valence-corrected chi connectivity index (χ0v) is 14.1. The van der Waals surface area contributed by atoms with Crippen LogP contribution in [0.25, 0.3) is 0 Å². The van der Waals surface area contributed by atoms with E-state index >= 15 is 0 Å². The summed E-state index contributed by atoms with van der Waals surface area (Å²) in [5.74, 6) is 1.19. The molecule has 5 nitrogen and oxygen atoms in total. The first-order chi connectivity index (χ1) is 11.5. The number of nitrogens with zero attached hydrogens (tertiary/aromatic N) is 2. The van der Waals surface area contributed by atoms with Gasteiger partial charge in [0.1, 0.15) is 5.82 Å². The molecule has 0 fully saturated rings. The van der Waals surface area contributed by atoms with Gasteiger partial charge in [-0.2, -0.15) is 0 Å². The Labute approximate surface area is 142 Å². The monoisotopic (exact) mass is 325 g/mol. The van der Waals surface area contributed by atoms with Crippen molar-refractivity contribution in [1.82, 2.24) is 10.3 Å². The number of carbonyl (C=O) groups is 1. The summed E-state index contributed by atoms with van der Waals surface area (Å²) >= 11 is 0. The number of aryl methyl sites for hydroxylation is 2. The lowest BCUT2D eigenvalue weighted by Crippen LogP contribution is -2.28. The highest BCUT2D eigenvalue weighted by atomic mass is 16.4. The maximum Gasteiger partial charge on any atom is 0.404 e. The zero-order chi connectivity index (χ0) is 17.1. The third-order valence-electron chi connectivity index (χ3n) is 4.67. The molecule has 1 aromatic heterocycles. The molecule has 1 atom stereocenters. The molecular formula is C19H23N3O2. The van der Waals surface area contributed by atoms with Crippen LogP contribution in [0.1, 0.15) is 35.6 Å². The molecule has 24 heavy (non-hydrogen) atoms. The van der Waals surface area contributed by atoms with Crippen LogP contribution in [-0.4, -0.2) is 29.8 Å². The second kappa shape index (κ2) is 6.91. The van der Waals surface area contributed by atoms with Crippen molar-refractivity contribution < 1.29 is 9.90 Å². The summed E-state index contributed by atoms with van der Waals surface area (Å²) in [4.78, 5) is 17.4. The molecule has 0 radical (unpaired) electrons. The van der Waals surface area contributed by atoms with Crippen molar-refractivity contribution in [3.63, 3.8) is 0 Å². The molecule has 1 heterocycles. The molecule has 126 valence electrons. The van der Waals surface area contributed by atoms with Gasteiger partial charge in [-0.15, -0.1) is 0 Å². The molecule has 2 aromatic rings. The van der Waals surface area contributed by atoms with Crippen LogP contribution >= 0.6 is 0 Å². The number of hydrogen-bond donors (Lipinski definition) is 2. The lowest BCUT2D eigenvalue weighted by molar-refractivity contribution is 0.193. The van der Waals surface area contributed by atoms with Gasteiger partial charge in [-0.3, -0.25) is 0 Å². The van der Waals surface area contributed by atoms with E-state index in [1.807, 2.05) is 32.2 Å². The molecule has 0 unspecified atom stereocenters. The molecule has 1 aliphatic rings. The fraction of sp³-hybridized carbons (Fsp3) is 0.368. The summed E-state index contributed by atoms with van der Waals surface area (Å²) < 4.78 is 0. The van der Waals surface area contributed by atoms with Gasteiger partial charge in [-0.25, -0.2) is 9.78 Å². The molecule has 1 aliphatic carbocycles. The van der Waals surface area contributed by atoms with Crippen molar-refractivity contribution in [2.75, 3.05) is 18.5 Å².